The molecule has 120 valence electrons. The molecule has 0 aliphatic carbocycles. The second-order valence-electron chi connectivity index (χ2n) is 5.63. The van der Waals surface area contributed by atoms with Gasteiger partial charge in [0.05, 0.1) is 17.4 Å². The van der Waals surface area contributed by atoms with Gasteiger partial charge in [-0.1, -0.05) is 43.1 Å². The molecule has 0 fully saturated rings. The molecule has 0 aliphatic rings. The van der Waals surface area contributed by atoms with Gasteiger partial charge in [-0.25, -0.2) is 9.97 Å². The van der Waals surface area contributed by atoms with Gasteiger partial charge in [-0.05, 0) is 24.5 Å². The molecule has 2 heterocycles. The summed E-state index contributed by atoms with van der Waals surface area (Å²) in [4.78, 5) is 8.13. The molecule has 23 heavy (non-hydrogen) atoms. The maximum absolute atomic E-state index is 6.25. The SMILES string of the molecule is CC(C)CCn1nc(Cl)c2cccc(Oc3ncc(Cl)cn3)c21. The number of aromatic nitrogens is 4. The first kappa shape index (κ1) is 16.0. The molecule has 5 nitrogen and oxygen atoms in total. The molecule has 0 bridgehead atoms. The van der Waals surface area contributed by atoms with E-state index in [-0.39, 0.29) is 6.01 Å². The lowest BCUT2D eigenvalue weighted by molar-refractivity contribution is 0.439. The average Bonchev–Trinajstić information content (AvgIpc) is 2.85. The number of para-hydroxylation sites is 1. The van der Waals surface area contributed by atoms with Crippen molar-refractivity contribution in [1.29, 1.82) is 0 Å². The summed E-state index contributed by atoms with van der Waals surface area (Å²) >= 11 is 12.0. The van der Waals surface area contributed by atoms with Crippen LogP contribution >= 0.6 is 23.2 Å². The number of fused-ring (bicyclic) bond motifs is 1. The molecular formula is C16H16Cl2N4O. The van der Waals surface area contributed by atoms with Gasteiger partial charge in [0, 0.05) is 11.9 Å². The Hall–Kier alpha value is -1.85. The van der Waals surface area contributed by atoms with Crippen LogP contribution in [0.2, 0.25) is 10.2 Å². The fraction of sp³-hybridized carbons (Fsp3) is 0.312. The zero-order chi connectivity index (χ0) is 16.4. The van der Waals surface area contributed by atoms with Crippen LogP contribution < -0.4 is 4.74 Å². The Morgan fingerprint density at radius 3 is 2.61 bits per heavy atom. The first-order valence-corrected chi connectivity index (χ1v) is 8.10. The Labute approximate surface area is 144 Å². The fourth-order valence-electron chi connectivity index (χ4n) is 2.24. The number of ether oxygens (including phenoxy) is 1. The van der Waals surface area contributed by atoms with Crippen LogP contribution in [0.1, 0.15) is 20.3 Å². The normalized spacial score (nSPS) is 11.3. The third-order valence-corrected chi connectivity index (χ3v) is 3.88. The highest BCUT2D eigenvalue weighted by Crippen LogP contribution is 2.33. The quantitative estimate of drug-likeness (QED) is 0.651. The van der Waals surface area contributed by atoms with Crippen molar-refractivity contribution < 1.29 is 4.74 Å². The Kier molecular flexibility index (Phi) is 4.68. The Balaban J connectivity index is 2.00. The molecule has 0 spiro atoms. The van der Waals surface area contributed by atoms with Crippen molar-refractivity contribution in [3.63, 3.8) is 0 Å². The summed E-state index contributed by atoms with van der Waals surface area (Å²) in [5.74, 6) is 1.19. The van der Waals surface area contributed by atoms with Crippen molar-refractivity contribution in [3.8, 4) is 11.8 Å². The molecule has 7 heteroatoms. The van der Waals surface area contributed by atoms with Gasteiger partial charge in [-0.15, -0.1) is 0 Å². The zero-order valence-corrected chi connectivity index (χ0v) is 14.3. The van der Waals surface area contributed by atoms with Crippen LogP contribution in [0.3, 0.4) is 0 Å². The monoisotopic (exact) mass is 350 g/mol. The highest BCUT2D eigenvalue weighted by atomic mass is 35.5. The van der Waals surface area contributed by atoms with Crippen LogP contribution in [0.5, 0.6) is 11.8 Å². The summed E-state index contributed by atoms with van der Waals surface area (Å²) in [5.41, 5.74) is 0.844. The average molecular weight is 351 g/mol. The fourth-order valence-corrected chi connectivity index (χ4v) is 2.58. The van der Waals surface area contributed by atoms with E-state index in [1.54, 1.807) is 0 Å². The lowest BCUT2D eigenvalue weighted by atomic mass is 10.1. The van der Waals surface area contributed by atoms with Crippen molar-refractivity contribution in [2.45, 2.75) is 26.8 Å². The topological polar surface area (TPSA) is 52.8 Å². The highest BCUT2D eigenvalue weighted by Gasteiger charge is 2.15. The van der Waals surface area contributed by atoms with Gasteiger partial charge >= 0.3 is 6.01 Å². The maximum Gasteiger partial charge on any atom is 0.322 e. The number of hydrogen-bond acceptors (Lipinski definition) is 4. The van der Waals surface area contributed by atoms with Crippen LogP contribution in [0.15, 0.2) is 30.6 Å². The third kappa shape index (κ3) is 3.57. The van der Waals surface area contributed by atoms with E-state index in [1.165, 1.54) is 12.4 Å². The second-order valence-corrected chi connectivity index (χ2v) is 6.43. The summed E-state index contributed by atoms with van der Waals surface area (Å²) in [5, 5.41) is 6.19. The van der Waals surface area contributed by atoms with E-state index in [0.29, 0.717) is 21.8 Å². The largest absolute Gasteiger partial charge is 0.422 e. The first-order chi connectivity index (χ1) is 11.0. The van der Waals surface area contributed by atoms with Crippen molar-refractivity contribution >= 4 is 34.1 Å². The van der Waals surface area contributed by atoms with E-state index in [1.807, 2.05) is 22.9 Å². The summed E-state index contributed by atoms with van der Waals surface area (Å²) in [6.07, 6.45) is 3.99. The maximum atomic E-state index is 6.25. The smallest absolute Gasteiger partial charge is 0.322 e. The van der Waals surface area contributed by atoms with E-state index in [2.05, 4.69) is 28.9 Å². The van der Waals surface area contributed by atoms with Gasteiger partial charge in [-0.3, -0.25) is 4.68 Å². The van der Waals surface area contributed by atoms with E-state index in [4.69, 9.17) is 27.9 Å². The summed E-state index contributed by atoms with van der Waals surface area (Å²) in [7, 11) is 0. The molecule has 0 aliphatic heterocycles. The van der Waals surface area contributed by atoms with Crippen LogP contribution in [0.25, 0.3) is 10.9 Å². The molecule has 3 aromatic rings. The van der Waals surface area contributed by atoms with Gasteiger partial charge in [0.1, 0.15) is 5.52 Å². The standard InChI is InChI=1S/C16H16Cl2N4O/c1-10(2)6-7-22-14-12(15(18)21-22)4-3-5-13(14)23-16-19-8-11(17)9-20-16/h3-5,8-10H,6-7H2,1-2H3. The molecule has 0 unspecified atom stereocenters. The lowest BCUT2D eigenvalue weighted by Gasteiger charge is -2.09. The van der Waals surface area contributed by atoms with Crippen LogP contribution in [0, 0.1) is 5.92 Å². The Morgan fingerprint density at radius 1 is 1.17 bits per heavy atom. The van der Waals surface area contributed by atoms with E-state index < -0.39 is 0 Å². The van der Waals surface area contributed by atoms with Crippen molar-refractivity contribution in [1.82, 2.24) is 19.7 Å². The number of rotatable bonds is 5. The van der Waals surface area contributed by atoms with Crippen molar-refractivity contribution in [2.24, 2.45) is 5.92 Å². The second kappa shape index (κ2) is 6.72. The van der Waals surface area contributed by atoms with Crippen molar-refractivity contribution in [3.05, 3.63) is 40.8 Å². The van der Waals surface area contributed by atoms with Gasteiger partial charge in [0.2, 0.25) is 0 Å². The molecule has 0 radical (unpaired) electrons. The van der Waals surface area contributed by atoms with Crippen molar-refractivity contribution in [2.75, 3.05) is 0 Å². The molecule has 3 rings (SSSR count). The molecule has 0 saturated carbocycles. The van der Waals surface area contributed by atoms with Gasteiger partial charge in [-0.2, -0.15) is 5.10 Å². The van der Waals surface area contributed by atoms with E-state index >= 15 is 0 Å². The highest BCUT2D eigenvalue weighted by molar-refractivity contribution is 6.34. The minimum atomic E-state index is 0.231. The molecule has 0 atom stereocenters. The van der Waals surface area contributed by atoms with Crippen LogP contribution in [0.4, 0.5) is 0 Å². The summed E-state index contributed by atoms with van der Waals surface area (Å²) in [6, 6.07) is 5.87. The lowest BCUT2D eigenvalue weighted by Crippen LogP contribution is -2.04. The van der Waals surface area contributed by atoms with Gasteiger partial charge in [0.15, 0.2) is 10.9 Å². The molecule has 1 aromatic carbocycles. The number of aryl methyl sites for hydroxylation is 1. The Bertz CT molecular complexity index is 815. The minimum absolute atomic E-state index is 0.231. The summed E-state index contributed by atoms with van der Waals surface area (Å²) < 4.78 is 7.68. The number of hydrogen-bond donors (Lipinski definition) is 0. The third-order valence-electron chi connectivity index (χ3n) is 3.40. The first-order valence-electron chi connectivity index (χ1n) is 7.35. The van der Waals surface area contributed by atoms with E-state index in [9.17, 15) is 0 Å². The number of benzene rings is 1. The molecule has 0 saturated heterocycles. The predicted molar refractivity (Wildman–Crippen MR) is 91.3 cm³/mol. The van der Waals surface area contributed by atoms with Crippen LogP contribution in [-0.2, 0) is 6.54 Å². The molecular weight excluding hydrogens is 335 g/mol. The minimum Gasteiger partial charge on any atom is -0.422 e. The zero-order valence-electron chi connectivity index (χ0n) is 12.8. The van der Waals surface area contributed by atoms with Gasteiger partial charge in [0.25, 0.3) is 0 Å². The molecule has 2 aromatic heterocycles. The van der Waals surface area contributed by atoms with E-state index in [0.717, 1.165) is 23.9 Å². The molecule has 0 N–H and O–H groups in total. The van der Waals surface area contributed by atoms with Crippen LogP contribution in [-0.4, -0.2) is 19.7 Å². The number of nitrogens with zero attached hydrogens (tertiary/aromatic N) is 4. The predicted octanol–water partition coefficient (Wildman–Crippen LogP) is 4.97. The summed E-state index contributed by atoms with van der Waals surface area (Å²) in [6.45, 7) is 5.11. The molecule has 0 amide bonds. The number of halogens is 2. The van der Waals surface area contributed by atoms with Gasteiger partial charge < -0.3 is 4.74 Å². The Morgan fingerprint density at radius 2 is 1.91 bits per heavy atom.